The maximum Gasteiger partial charge on any atom is 0.141 e. The Morgan fingerprint density at radius 2 is 2.35 bits per heavy atom. The Morgan fingerprint density at radius 3 is 3.00 bits per heavy atom. The van der Waals surface area contributed by atoms with E-state index in [0.29, 0.717) is 6.04 Å². The zero-order valence-corrected chi connectivity index (χ0v) is 11.5. The van der Waals surface area contributed by atoms with Crippen molar-refractivity contribution in [3.63, 3.8) is 0 Å². The van der Waals surface area contributed by atoms with Crippen molar-refractivity contribution in [3.05, 3.63) is 34.6 Å². The summed E-state index contributed by atoms with van der Waals surface area (Å²) < 4.78 is 13.1. The van der Waals surface area contributed by atoms with Gasteiger partial charge in [0.2, 0.25) is 0 Å². The van der Waals surface area contributed by atoms with Crippen molar-refractivity contribution < 1.29 is 4.39 Å². The van der Waals surface area contributed by atoms with Gasteiger partial charge < -0.3 is 5.32 Å². The van der Waals surface area contributed by atoms with E-state index in [9.17, 15) is 4.39 Å². The molecule has 1 N–H and O–H groups in total. The highest BCUT2D eigenvalue weighted by Crippen LogP contribution is 2.23. The molecule has 1 aliphatic rings. The van der Waals surface area contributed by atoms with Gasteiger partial charge in [-0.15, -0.1) is 0 Å². The van der Waals surface area contributed by atoms with Crippen molar-refractivity contribution in [3.8, 4) is 0 Å². The number of hydrogen-bond donors (Lipinski definition) is 1. The average Bonchev–Trinajstić information content (AvgIpc) is 2.34. The average molecular weight is 274 g/mol. The lowest BCUT2D eigenvalue weighted by atomic mass is 10.1. The molecule has 1 saturated heterocycles. The lowest BCUT2D eigenvalue weighted by Crippen LogP contribution is -2.35. The van der Waals surface area contributed by atoms with Crippen LogP contribution in [0, 0.1) is 5.82 Å². The third-order valence-corrected chi connectivity index (χ3v) is 4.59. The van der Waals surface area contributed by atoms with Crippen LogP contribution >= 0.6 is 23.4 Å². The monoisotopic (exact) mass is 273 g/mol. The summed E-state index contributed by atoms with van der Waals surface area (Å²) >= 11 is 7.79. The first-order valence-corrected chi connectivity index (χ1v) is 7.49. The van der Waals surface area contributed by atoms with Crippen LogP contribution in [0.2, 0.25) is 5.02 Å². The molecule has 2 rings (SSSR count). The zero-order chi connectivity index (χ0) is 12.3. The van der Waals surface area contributed by atoms with Gasteiger partial charge in [-0.05, 0) is 43.2 Å². The van der Waals surface area contributed by atoms with Crippen LogP contribution in [0.25, 0.3) is 0 Å². The van der Waals surface area contributed by atoms with E-state index >= 15 is 0 Å². The highest BCUT2D eigenvalue weighted by atomic mass is 35.5. The summed E-state index contributed by atoms with van der Waals surface area (Å²) in [6.45, 7) is 2.10. The first-order valence-electron chi connectivity index (χ1n) is 5.95. The quantitative estimate of drug-likeness (QED) is 0.893. The Kier molecular flexibility index (Phi) is 4.71. The molecule has 0 radical (unpaired) electrons. The van der Waals surface area contributed by atoms with Gasteiger partial charge >= 0.3 is 0 Å². The first kappa shape index (κ1) is 13.2. The van der Waals surface area contributed by atoms with Gasteiger partial charge in [0, 0.05) is 17.8 Å². The van der Waals surface area contributed by atoms with E-state index in [-0.39, 0.29) is 16.9 Å². The lowest BCUT2D eigenvalue weighted by Gasteiger charge is -2.26. The summed E-state index contributed by atoms with van der Waals surface area (Å²) in [5, 5.41) is 3.78. The van der Waals surface area contributed by atoms with Crippen LogP contribution in [0.1, 0.15) is 31.4 Å². The van der Waals surface area contributed by atoms with Gasteiger partial charge in [-0.2, -0.15) is 11.8 Å². The van der Waals surface area contributed by atoms with Crippen LogP contribution in [-0.2, 0) is 0 Å². The van der Waals surface area contributed by atoms with Crippen LogP contribution in [-0.4, -0.2) is 17.5 Å². The van der Waals surface area contributed by atoms with Gasteiger partial charge in [-0.1, -0.05) is 17.7 Å². The summed E-state index contributed by atoms with van der Waals surface area (Å²) in [5.74, 6) is 2.09. The molecule has 0 amide bonds. The molecule has 1 aromatic carbocycles. The minimum absolute atomic E-state index is 0.203. The van der Waals surface area contributed by atoms with E-state index in [2.05, 4.69) is 12.2 Å². The van der Waals surface area contributed by atoms with Crippen LogP contribution in [0.4, 0.5) is 4.39 Å². The second kappa shape index (κ2) is 6.07. The second-order valence-corrected chi connectivity index (χ2v) is 6.03. The fourth-order valence-electron chi connectivity index (χ4n) is 2.10. The molecule has 0 aliphatic carbocycles. The molecule has 1 heterocycles. The van der Waals surface area contributed by atoms with E-state index in [1.54, 1.807) is 12.1 Å². The molecule has 94 valence electrons. The molecule has 2 unspecified atom stereocenters. The molecule has 17 heavy (non-hydrogen) atoms. The standard InChI is InChI=1S/C13H17ClFNS/c1-9(16-11-3-2-6-17-8-11)10-4-5-13(15)12(14)7-10/h4-5,7,9,11,16H,2-3,6,8H2,1H3. The topological polar surface area (TPSA) is 12.0 Å². The maximum absolute atomic E-state index is 13.1. The van der Waals surface area contributed by atoms with E-state index < -0.39 is 0 Å². The Labute approximate surface area is 111 Å². The smallest absolute Gasteiger partial charge is 0.141 e. The molecule has 1 fully saturated rings. The molecule has 0 spiro atoms. The minimum atomic E-state index is -0.351. The van der Waals surface area contributed by atoms with Gasteiger partial charge in [0.15, 0.2) is 0 Å². The van der Waals surface area contributed by atoms with Crippen molar-refractivity contribution in [1.29, 1.82) is 0 Å². The fraction of sp³-hybridized carbons (Fsp3) is 0.538. The molecule has 0 aromatic heterocycles. The van der Waals surface area contributed by atoms with Crippen molar-refractivity contribution in [1.82, 2.24) is 5.32 Å². The minimum Gasteiger partial charge on any atom is -0.307 e. The first-order chi connectivity index (χ1) is 8.16. The molecule has 0 saturated carbocycles. The zero-order valence-electron chi connectivity index (χ0n) is 9.88. The fourth-order valence-corrected chi connectivity index (χ4v) is 3.38. The molecular weight excluding hydrogens is 257 g/mol. The van der Waals surface area contributed by atoms with Crippen molar-refractivity contribution in [2.45, 2.75) is 31.8 Å². The van der Waals surface area contributed by atoms with Gasteiger partial charge in [0.1, 0.15) is 5.82 Å². The predicted molar refractivity (Wildman–Crippen MR) is 73.3 cm³/mol. The van der Waals surface area contributed by atoms with E-state index in [1.165, 1.54) is 30.4 Å². The summed E-state index contributed by atoms with van der Waals surface area (Å²) in [6.07, 6.45) is 2.51. The number of nitrogens with one attached hydrogen (secondary N) is 1. The van der Waals surface area contributed by atoms with Crippen molar-refractivity contribution in [2.75, 3.05) is 11.5 Å². The second-order valence-electron chi connectivity index (χ2n) is 4.48. The molecule has 2 atom stereocenters. The number of halogens is 2. The summed E-state index contributed by atoms with van der Waals surface area (Å²) in [7, 11) is 0. The van der Waals surface area contributed by atoms with Crippen LogP contribution < -0.4 is 5.32 Å². The van der Waals surface area contributed by atoms with E-state index in [4.69, 9.17) is 11.6 Å². The Hall–Kier alpha value is -0.250. The number of benzene rings is 1. The summed E-state index contributed by atoms with van der Waals surface area (Å²) in [6, 6.07) is 5.73. The SMILES string of the molecule is CC(NC1CCCSC1)c1ccc(F)c(Cl)c1. The molecule has 1 nitrogen and oxygen atoms in total. The molecule has 4 heteroatoms. The predicted octanol–water partition coefficient (Wildman–Crippen LogP) is 4.03. The van der Waals surface area contributed by atoms with Crippen LogP contribution in [0.15, 0.2) is 18.2 Å². The third kappa shape index (κ3) is 3.60. The number of thioether (sulfide) groups is 1. The van der Waals surface area contributed by atoms with Gasteiger partial charge in [-0.3, -0.25) is 0 Å². The Morgan fingerprint density at radius 1 is 1.53 bits per heavy atom. The normalized spacial score (nSPS) is 22.4. The Bertz CT molecular complexity index is 380. The van der Waals surface area contributed by atoms with Gasteiger partial charge in [-0.25, -0.2) is 4.39 Å². The van der Waals surface area contributed by atoms with Crippen LogP contribution in [0.3, 0.4) is 0 Å². The maximum atomic E-state index is 13.1. The van der Waals surface area contributed by atoms with Gasteiger partial charge in [0.25, 0.3) is 0 Å². The molecule has 1 aromatic rings. The number of hydrogen-bond acceptors (Lipinski definition) is 2. The van der Waals surface area contributed by atoms with E-state index in [1.807, 2.05) is 11.8 Å². The van der Waals surface area contributed by atoms with Crippen molar-refractivity contribution in [2.24, 2.45) is 0 Å². The molecule has 1 aliphatic heterocycles. The van der Waals surface area contributed by atoms with Crippen molar-refractivity contribution >= 4 is 23.4 Å². The lowest BCUT2D eigenvalue weighted by molar-refractivity contribution is 0.452. The highest BCUT2D eigenvalue weighted by molar-refractivity contribution is 7.99. The number of rotatable bonds is 3. The largest absolute Gasteiger partial charge is 0.307 e. The highest BCUT2D eigenvalue weighted by Gasteiger charge is 2.17. The van der Waals surface area contributed by atoms with Gasteiger partial charge in [0.05, 0.1) is 5.02 Å². The molecule has 0 bridgehead atoms. The summed E-state index contributed by atoms with van der Waals surface area (Å²) in [4.78, 5) is 0. The molecular formula is C13H17ClFNS. The van der Waals surface area contributed by atoms with E-state index in [0.717, 1.165) is 5.56 Å². The third-order valence-electron chi connectivity index (χ3n) is 3.09. The Balaban J connectivity index is 1.98. The summed E-state index contributed by atoms with van der Waals surface area (Å²) in [5.41, 5.74) is 1.05. The van der Waals surface area contributed by atoms with Crippen LogP contribution in [0.5, 0.6) is 0 Å².